The van der Waals surface area contributed by atoms with Crippen LogP contribution in [0.1, 0.15) is 39.1 Å². The Morgan fingerprint density at radius 2 is 1.67 bits per heavy atom. The molecule has 2 nitrogen and oxygen atoms in total. The van der Waals surface area contributed by atoms with Crippen LogP contribution < -0.4 is 4.68 Å². The first-order chi connectivity index (χ1) is 6.91. The van der Waals surface area contributed by atoms with E-state index in [0.29, 0.717) is 0 Å². The molecular weight excluding hydrogens is 184 g/mol. The summed E-state index contributed by atoms with van der Waals surface area (Å²) in [5, 5.41) is 0. The molecule has 0 saturated heterocycles. The first-order valence-electron chi connectivity index (χ1n) is 5.95. The van der Waals surface area contributed by atoms with Crippen LogP contribution in [-0.2, 0) is 26.9 Å². The van der Waals surface area contributed by atoms with Crippen LogP contribution in [0, 0.1) is 11.8 Å². The van der Waals surface area contributed by atoms with E-state index in [9.17, 15) is 0 Å². The van der Waals surface area contributed by atoms with Crippen LogP contribution in [0.15, 0.2) is 6.07 Å². The first kappa shape index (κ1) is 12.3. The van der Waals surface area contributed by atoms with Crippen molar-refractivity contribution >= 4 is 0 Å². The van der Waals surface area contributed by atoms with Crippen LogP contribution in [-0.4, -0.2) is 4.68 Å². The molecule has 0 radical (unpaired) electrons. The second-order valence-corrected chi connectivity index (χ2v) is 5.37. The number of hydrogen-bond donors (Lipinski definition) is 0. The van der Waals surface area contributed by atoms with Crippen molar-refractivity contribution in [2.75, 3.05) is 0 Å². The lowest BCUT2D eigenvalue weighted by Gasteiger charge is -2.02. The van der Waals surface area contributed by atoms with Gasteiger partial charge in [-0.1, -0.05) is 27.7 Å². The Hall–Kier alpha value is -0.790. The van der Waals surface area contributed by atoms with Gasteiger partial charge in [0, 0.05) is 12.5 Å². The van der Waals surface area contributed by atoms with E-state index in [0.717, 1.165) is 11.8 Å². The Balaban J connectivity index is 2.91. The fourth-order valence-electron chi connectivity index (χ4n) is 1.98. The van der Waals surface area contributed by atoms with Crippen LogP contribution in [0.25, 0.3) is 0 Å². The van der Waals surface area contributed by atoms with Crippen molar-refractivity contribution in [3.63, 3.8) is 0 Å². The van der Waals surface area contributed by atoms with E-state index in [-0.39, 0.29) is 0 Å². The van der Waals surface area contributed by atoms with Crippen molar-refractivity contribution in [3.8, 4) is 0 Å². The molecule has 1 aromatic heterocycles. The third kappa shape index (κ3) is 3.08. The highest BCUT2D eigenvalue weighted by Gasteiger charge is 2.17. The van der Waals surface area contributed by atoms with Crippen molar-refractivity contribution in [3.05, 3.63) is 17.5 Å². The third-order valence-electron chi connectivity index (χ3n) is 2.85. The summed E-state index contributed by atoms with van der Waals surface area (Å²) in [4.78, 5) is 0. The van der Waals surface area contributed by atoms with E-state index >= 15 is 0 Å². The Morgan fingerprint density at radius 1 is 1.13 bits per heavy atom. The largest absolute Gasteiger partial charge is 0.208 e. The van der Waals surface area contributed by atoms with Gasteiger partial charge in [-0.25, -0.2) is 0 Å². The molecule has 0 aliphatic heterocycles. The van der Waals surface area contributed by atoms with Crippen molar-refractivity contribution in [2.45, 2.75) is 40.5 Å². The fraction of sp³-hybridized carbons (Fsp3) is 0.769. The van der Waals surface area contributed by atoms with Crippen LogP contribution in [0.5, 0.6) is 0 Å². The molecule has 0 aromatic carbocycles. The maximum atomic E-state index is 2.36. The molecule has 0 fully saturated rings. The molecule has 1 rings (SSSR count). The average Bonchev–Trinajstić information content (AvgIpc) is 2.32. The highest BCUT2D eigenvalue weighted by atomic mass is 15.4. The molecule has 86 valence electrons. The minimum atomic E-state index is 0.727. The normalized spacial score (nSPS) is 11.7. The summed E-state index contributed by atoms with van der Waals surface area (Å²) in [6, 6.07) is 2.36. The molecule has 1 heterocycles. The summed E-state index contributed by atoms with van der Waals surface area (Å²) in [5.74, 6) is 1.45. The Bertz CT molecular complexity index is 291. The molecule has 0 spiro atoms. The van der Waals surface area contributed by atoms with Gasteiger partial charge in [0.25, 0.3) is 0 Å². The molecule has 2 heteroatoms. The van der Waals surface area contributed by atoms with Gasteiger partial charge in [0.15, 0.2) is 7.05 Å². The molecule has 0 saturated carbocycles. The second kappa shape index (κ2) is 4.82. The lowest BCUT2D eigenvalue weighted by molar-refractivity contribution is -0.758. The summed E-state index contributed by atoms with van der Waals surface area (Å²) < 4.78 is 4.55. The number of nitrogens with zero attached hydrogens (tertiary/aromatic N) is 2. The van der Waals surface area contributed by atoms with Crippen molar-refractivity contribution in [2.24, 2.45) is 25.9 Å². The Kier molecular flexibility index (Phi) is 3.95. The van der Waals surface area contributed by atoms with E-state index in [4.69, 9.17) is 0 Å². The van der Waals surface area contributed by atoms with Gasteiger partial charge in [0.05, 0.1) is 12.7 Å². The van der Waals surface area contributed by atoms with Crippen LogP contribution in [0.4, 0.5) is 0 Å². The maximum absolute atomic E-state index is 2.36. The third-order valence-corrected chi connectivity index (χ3v) is 2.85. The molecule has 0 atom stereocenters. The van der Waals surface area contributed by atoms with Crippen LogP contribution in [0.3, 0.4) is 0 Å². The SMILES string of the molecule is CC(C)Cc1cc(CC(C)C)[n+](C)n1C. The average molecular weight is 209 g/mol. The van der Waals surface area contributed by atoms with Gasteiger partial charge < -0.3 is 0 Å². The Labute approximate surface area is 93.9 Å². The quantitative estimate of drug-likeness (QED) is 0.673. The van der Waals surface area contributed by atoms with Crippen molar-refractivity contribution in [1.82, 2.24) is 4.68 Å². The van der Waals surface area contributed by atoms with Gasteiger partial charge >= 0.3 is 0 Å². The van der Waals surface area contributed by atoms with Gasteiger partial charge in [-0.15, -0.1) is 4.68 Å². The second-order valence-electron chi connectivity index (χ2n) is 5.37. The first-order valence-corrected chi connectivity index (χ1v) is 5.95. The Morgan fingerprint density at radius 3 is 2.13 bits per heavy atom. The molecule has 1 aromatic rings. The zero-order valence-electron chi connectivity index (χ0n) is 11.0. The van der Waals surface area contributed by atoms with Crippen LogP contribution >= 0.6 is 0 Å². The lowest BCUT2D eigenvalue weighted by atomic mass is 10.1. The smallest absolute Gasteiger partial charge is 0.161 e. The molecular formula is C13H25N2+. The molecule has 0 amide bonds. The topological polar surface area (TPSA) is 8.81 Å². The number of aromatic nitrogens is 2. The molecule has 0 unspecified atom stereocenters. The van der Waals surface area contributed by atoms with E-state index in [1.54, 1.807) is 0 Å². The van der Waals surface area contributed by atoms with E-state index < -0.39 is 0 Å². The minimum Gasteiger partial charge on any atom is -0.161 e. The van der Waals surface area contributed by atoms with Gasteiger partial charge in [0.1, 0.15) is 0 Å². The van der Waals surface area contributed by atoms with E-state index in [1.165, 1.54) is 24.2 Å². The highest BCUT2D eigenvalue weighted by Crippen LogP contribution is 2.10. The molecule has 0 N–H and O–H groups in total. The van der Waals surface area contributed by atoms with Crippen molar-refractivity contribution in [1.29, 1.82) is 0 Å². The summed E-state index contributed by atoms with van der Waals surface area (Å²) in [6.45, 7) is 9.09. The van der Waals surface area contributed by atoms with E-state index in [1.807, 2.05) is 0 Å². The van der Waals surface area contributed by atoms with E-state index in [2.05, 4.69) is 57.2 Å². The van der Waals surface area contributed by atoms with Crippen molar-refractivity contribution < 1.29 is 4.68 Å². The van der Waals surface area contributed by atoms with Gasteiger partial charge in [-0.3, -0.25) is 0 Å². The van der Waals surface area contributed by atoms with Gasteiger partial charge in [-0.2, -0.15) is 4.68 Å². The van der Waals surface area contributed by atoms with Gasteiger partial charge in [0.2, 0.25) is 5.69 Å². The predicted octanol–water partition coefficient (Wildman–Crippen LogP) is 2.25. The molecule has 15 heavy (non-hydrogen) atoms. The number of hydrogen-bond acceptors (Lipinski definition) is 0. The zero-order chi connectivity index (χ0) is 11.6. The molecule has 0 bridgehead atoms. The highest BCUT2D eigenvalue weighted by molar-refractivity contribution is 5.06. The summed E-state index contributed by atoms with van der Waals surface area (Å²) in [7, 11) is 4.31. The molecule has 0 aliphatic rings. The minimum absolute atomic E-state index is 0.727. The zero-order valence-corrected chi connectivity index (χ0v) is 11.0. The molecule has 0 aliphatic carbocycles. The standard InChI is InChI=1S/C13H25N2/c1-10(2)7-12-9-13(8-11(3)4)15(6)14(12)5/h9-11H,7-8H2,1-6H3/q+1. The summed E-state index contributed by atoms with van der Waals surface area (Å²) >= 11 is 0. The summed E-state index contributed by atoms with van der Waals surface area (Å²) in [5.41, 5.74) is 2.89. The summed E-state index contributed by atoms with van der Waals surface area (Å²) in [6.07, 6.45) is 2.34. The fourth-order valence-corrected chi connectivity index (χ4v) is 1.98. The lowest BCUT2D eigenvalue weighted by Crippen LogP contribution is -2.41. The number of rotatable bonds is 4. The van der Waals surface area contributed by atoms with Crippen LogP contribution in [0.2, 0.25) is 0 Å². The van der Waals surface area contributed by atoms with Gasteiger partial charge in [-0.05, 0) is 18.3 Å². The predicted molar refractivity (Wildman–Crippen MR) is 63.7 cm³/mol. The monoisotopic (exact) mass is 209 g/mol. The maximum Gasteiger partial charge on any atom is 0.208 e.